The third kappa shape index (κ3) is 5.92. The summed E-state index contributed by atoms with van der Waals surface area (Å²) in [7, 11) is 0. The molecule has 9 heteroatoms. The lowest BCUT2D eigenvalue weighted by Crippen LogP contribution is -2.42. The molecule has 2 heterocycles. The molecule has 1 atom stereocenters. The van der Waals surface area contributed by atoms with Gasteiger partial charge in [0.1, 0.15) is 5.56 Å². The molecule has 3 aliphatic rings. The molecule has 2 amide bonds. The van der Waals surface area contributed by atoms with Crippen LogP contribution in [0.2, 0.25) is 0 Å². The molecule has 1 aliphatic heterocycles. The standard InChI is InChI=1S/C36H35FN4O4/c1-21-13-14-24(22(2)17-21)18-26(20-44-41-19-25-7-3-4-8-28(25)36(41)43)38-34(42)32-29-10-5-11-30(29)39-40-35(32)45-31-12-6-9-27(33(31)37)23-15-16-23/h3-4,6-9,12-14,17,23,26H,5,10-11,15-16,18-20H2,1-2H3,(H,38,42)/t26-/m1/s1. The van der Waals surface area contributed by atoms with Crippen LogP contribution >= 0.6 is 0 Å². The zero-order valence-corrected chi connectivity index (χ0v) is 25.4. The molecule has 230 valence electrons. The van der Waals surface area contributed by atoms with Crippen LogP contribution in [-0.2, 0) is 30.6 Å². The van der Waals surface area contributed by atoms with E-state index in [1.807, 2.05) is 38.1 Å². The Labute approximate surface area is 261 Å². The highest BCUT2D eigenvalue weighted by Crippen LogP contribution is 2.43. The molecule has 0 radical (unpaired) electrons. The SMILES string of the molecule is Cc1ccc(C[C@H](CON2Cc3ccccc3C2=O)NC(=O)c2c(Oc3cccc(C4CC4)c3F)nnc3c2CCC3)c(C)c1. The molecule has 1 fully saturated rings. The molecule has 0 bridgehead atoms. The van der Waals surface area contributed by atoms with Crippen LogP contribution in [-0.4, -0.2) is 39.7 Å². The van der Waals surface area contributed by atoms with E-state index in [2.05, 4.69) is 27.6 Å². The normalized spacial score (nSPS) is 16.0. The van der Waals surface area contributed by atoms with Crippen molar-refractivity contribution in [3.63, 3.8) is 0 Å². The van der Waals surface area contributed by atoms with Gasteiger partial charge in [-0.3, -0.25) is 14.4 Å². The maximum absolute atomic E-state index is 15.4. The highest BCUT2D eigenvalue weighted by Gasteiger charge is 2.32. The van der Waals surface area contributed by atoms with Crippen molar-refractivity contribution in [3.05, 3.63) is 117 Å². The molecule has 1 aromatic heterocycles. The Balaban J connectivity index is 1.17. The van der Waals surface area contributed by atoms with Gasteiger partial charge in [-0.15, -0.1) is 5.10 Å². The molecule has 2 aliphatic carbocycles. The Bertz CT molecular complexity index is 1800. The Morgan fingerprint density at radius 3 is 2.71 bits per heavy atom. The molecule has 0 spiro atoms. The van der Waals surface area contributed by atoms with Crippen LogP contribution in [0.15, 0.2) is 60.7 Å². The number of amides is 2. The van der Waals surface area contributed by atoms with Gasteiger partial charge in [0.2, 0.25) is 0 Å². The van der Waals surface area contributed by atoms with Crippen molar-refractivity contribution in [2.75, 3.05) is 6.61 Å². The van der Waals surface area contributed by atoms with Gasteiger partial charge in [0.05, 0.1) is 24.9 Å². The number of nitrogens with one attached hydrogen (secondary N) is 1. The van der Waals surface area contributed by atoms with E-state index in [-0.39, 0.29) is 35.6 Å². The summed E-state index contributed by atoms with van der Waals surface area (Å²) in [5, 5.41) is 13.1. The number of aromatic nitrogens is 2. The molecular formula is C36H35FN4O4. The second-order valence-electron chi connectivity index (χ2n) is 12.3. The lowest BCUT2D eigenvalue weighted by atomic mass is 9.99. The number of hydrogen-bond donors (Lipinski definition) is 1. The van der Waals surface area contributed by atoms with Crippen LogP contribution < -0.4 is 10.1 Å². The summed E-state index contributed by atoms with van der Waals surface area (Å²) in [6.07, 6.45) is 4.57. The van der Waals surface area contributed by atoms with Crippen LogP contribution in [0.25, 0.3) is 0 Å². The fourth-order valence-electron chi connectivity index (χ4n) is 6.38. The number of carbonyl (C=O) groups excluding carboxylic acids is 2. The highest BCUT2D eigenvalue weighted by atomic mass is 19.1. The second-order valence-corrected chi connectivity index (χ2v) is 12.3. The van der Waals surface area contributed by atoms with Gasteiger partial charge in [0.15, 0.2) is 11.6 Å². The minimum atomic E-state index is -0.497. The van der Waals surface area contributed by atoms with E-state index in [0.29, 0.717) is 36.9 Å². The molecule has 3 aromatic carbocycles. The van der Waals surface area contributed by atoms with Gasteiger partial charge in [-0.25, -0.2) is 9.45 Å². The summed E-state index contributed by atoms with van der Waals surface area (Å²) in [4.78, 5) is 33.2. The number of fused-ring (bicyclic) bond motifs is 2. The first-order valence-electron chi connectivity index (χ1n) is 15.6. The quantitative estimate of drug-likeness (QED) is 0.227. The van der Waals surface area contributed by atoms with E-state index in [4.69, 9.17) is 9.57 Å². The minimum absolute atomic E-state index is 0.0173. The lowest BCUT2D eigenvalue weighted by molar-refractivity contribution is -0.130. The lowest BCUT2D eigenvalue weighted by Gasteiger charge is -2.24. The molecule has 8 nitrogen and oxygen atoms in total. The molecule has 45 heavy (non-hydrogen) atoms. The number of hydroxylamine groups is 2. The summed E-state index contributed by atoms with van der Waals surface area (Å²) in [5.41, 5.74) is 7.23. The molecule has 0 saturated heterocycles. The molecule has 0 unspecified atom stereocenters. The van der Waals surface area contributed by atoms with Crippen LogP contribution in [0.3, 0.4) is 0 Å². The number of nitrogens with zero attached hydrogens (tertiary/aromatic N) is 3. The number of carbonyl (C=O) groups is 2. The monoisotopic (exact) mass is 606 g/mol. The highest BCUT2D eigenvalue weighted by molar-refractivity contribution is 5.99. The predicted molar refractivity (Wildman–Crippen MR) is 166 cm³/mol. The Kier molecular flexibility index (Phi) is 7.79. The number of hydrogen-bond acceptors (Lipinski definition) is 6. The fourth-order valence-corrected chi connectivity index (χ4v) is 6.38. The molecule has 7 rings (SSSR count). The van der Waals surface area contributed by atoms with E-state index in [9.17, 15) is 9.59 Å². The topological polar surface area (TPSA) is 93.7 Å². The number of aryl methyl sites for hydroxylation is 3. The van der Waals surface area contributed by atoms with E-state index in [1.165, 1.54) is 5.06 Å². The second kappa shape index (κ2) is 12.0. The first-order chi connectivity index (χ1) is 21.9. The van der Waals surface area contributed by atoms with E-state index < -0.39 is 17.8 Å². The Hall–Kier alpha value is -4.63. The summed E-state index contributed by atoms with van der Waals surface area (Å²) in [5.74, 6) is -0.815. The molecule has 1 N–H and O–H groups in total. The maximum atomic E-state index is 15.4. The van der Waals surface area contributed by atoms with E-state index in [1.54, 1.807) is 24.3 Å². The third-order valence-electron chi connectivity index (χ3n) is 8.93. The van der Waals surface area contributed by atoms with Crippen molar-refractivity contribution in [1.29, 1.82) is 0 Å². The number of rotatable bonds is 10. The summed E-state index contributed by atoms with van der Waals surface area (Å²) in [6, 6.07) is 18.2. The van der Waals surface area contributed by atoms with E-state index >= 15 is 4.39 Å². The van der Waals surface area contributed by atoms with Gasteiger partial charge in [0.25, 0.3) is 17.7 Å². The van der Waals surface area contributed by atoms with Crippen molar-refractivity contribution in [2.45, 2.75) is 70.9 Å². The van der Waals surface area contributed by atoms with Gasteiger partial charge >= 0.3 is 0 Å². The van der Waals surface area contributed by atoms with Crippen molar-refractivity contribution in [2.24, 2.45) is 0 Å². The van der Waals surface area contributed by atoms with Crippen molar-refractivity contribution in [1.82, 2.24) is 20.6 Å². The summed E-state index contributed by atoms with van der Waals surface area (Å²) < 4.78 is 21.5. The summed E-state index contributed by atoms with van der Waals surface area (Å²) in [6.45, 7) is 4.48. The predicted octanol–water partition coefficient (Wildman–Crippen LogP) is 6.32. The number of benzene rings is 3. The Morgan fingerprint density at radius 2 is 1.91 bits per heavy atom. The average molecular weight is 607 g/mol. The third-order valence-corrected chi connectivity index (χ3v) is 8.93. The zero-order chi connectivity index (χ0) is 31.1. The average Bonchev–Trinajstić information content (AvgIpc) is 3.67. The van der Waals surface area contributed by atoms with Gasteiger partial charge < -0.3 is 10.1 Å². The van der Waals surface area contributed by atoms with Crippen molar-refractivity contribution in [3.8, 4) is 11.6 Å². The van der Waals surface area contributed by atoms with Crippen LogP contribution in [0.5, 0.6) is 11.6 Å². The first kappa shape index (κ1) is 29.1. The van der Waals surface area contributed by atoms with Crippen LogP contribution in [0.1, 0.15) is 85.0 Å². The fraction of sp³-hybridized carbons (Fsp3) is 0.333. The summed E-state index contributed by atoms with van der Waals surface area (Å²) >= 11 is 0. The number of ether oxygens (including phenoxy) is 1. The maximum Gasteiger partial charge on any atom is 0.278 e. The largest absolute Gasteiger partial charge is 0.434 e. The van der Waals surface area contributed by atoms with Gasteiger partial charge in [-0.05, 0) is 98.2 Å². The van der Waals surface area contributed by atoms with Crippen LogP contribution in [0, 0.1) is 19.7 Å². The van der Waals surface area contributed by atoms with Crippen LogP contribution in [0.4, 0.5) is 4.39 Å². The zero-order valence-electron chi connectivity index (χ0n) is 25.4. The van der Waals surface area contributed by atoms with E-state index in [0.717, 1.165) is 52.8 Å². The molecular weight excluding hydrogens is 571 g/mol. The first-order valence-corrected chi connectivity index (χ1v) is 15.6. The van der Waals surface area contributed by atoms with Gasteiger partial charge in [0, 0.05) is 5.56 Å². The molecule has 1 saturated carbocycles. The smallest absolute Gasteiger partial charge is 0.278 e. The number of halogens is 1. The van der Waals surface area contributed by atoms with Gasteiger partial charge in [-0.1, -0.05) is 54.1 Å². The van der Waals surface area contributed by atoms with Gasteiger partial charge in [-0.2, -0.15) is 5.10 Å². The van der Waals surface area contributed by atoms with Crippen molar-refractivity contribution >= 4 is 11.8 Å². The Morgan fingerprint density at radius 1 is 1.07 bits per heavy atom. The van der Waals surface area contributed by atoms with Crippen molar-refractivity contribution < 1.29 is 23.6 Å². The molecule has 4 aromatic rings. The minimum Gasteiger partial charge on any atom is -0.434 e.